The summed E-state index contributed by atoms with van der Waals surface area (Å²) in [6.07, 6.45) is 4.03. The predicted octanol–water partition coefficient (Wildman–Crippen LogP) is 3.33. The fraction of sp³-hybridized carbons (Fsp3) is 0.567. The lowest BCUT2D eigenvalue weighted by Gasteiger charge is -2.40. The second kappa shape index (κ2) is 10.3. The van der Waals surface area contributed by atoms with Gasteiger partial charge in [-0.1, -0.05) is 50.8 Å². The van der Waals surface area contributed by atoms with E-state index in [1.54, 1.807) is 11.0 Å². The molecule has 8 nitrogen and oxygen atoms in total. The summed E-state index contributed by atoms with van der Waals surface area (Å²) >= 11 is 0. The van der Waals surface area contributed by atoms with Crippen molar-refractivity contribution in [2.24, 2.45) is 17.8 Å². The fourth-order valence-electron chi connectivity index (χ4n) is 7.15. The molecule has 3 saturated heterocycles. The molecule has 3 unspecified atom stereocenters. The zero-order valence-electron chi connectivity index (χ0n) is 23.1. The topological polar surface area (TPSA) is 96.4 Å². The van der Waals surface area contributed by atoms with Gasteiger partial charge in [0.2, 0.25) is 5.91 Å². The van der Waals surface area contributed by atoms with E-state index in [1.165, 1.54) is 11.0 Å². The number of carbonyl (C=O) groups excluding carboxylic acids is 3. The Morgan fingerprint density at radius 3 is 2.50 bits per heavy atom. The van der Waals surface area contributed by atoms with Gasteiger partial charge in [0.25, 0.3) is 5.91 Å². The summed E-state index contributed by atoms with van der Waals surface area (Å²) < 4.78 is 12.2. The third kappa shape index (κ3) is 3.92. The molecule has 0 aliphatic carbocycles. The van der Waals surface area contributed by atoms with E-state index in [4.69, 9.17) is 9.47 Å². The molecule has 0 aromatic heterocycles. The molecule has 8 heteroatoms. The van der Waals surface area contributed by atoms with E-state index in [0.29, 0.717) is 12.8 Å². The highest BCUT2D eigenvalue weighted by atomic mass is 16.6. The molecule has 3 aliphatic rings. The maximum absolute atomic E-state index is 14.7. The molecule has 1 aromatic rings. The second-order valence-corrected chi connectivity index (χ2v) is 11.1. The molecular weight excluding hydrogens is 484 g/mol. The highest BCUT2D eigenvalue weighted by Gasteiger charge is 2.80. The standard InChI is InChI=1S/C30H40N2O6/c1-8-14-31(24-18(4)12-11-13-19(24)5)27(35)25-30-16-20(6)29(7,38-30)23(28(36)37-15-9-2)22(30)26(34)32(25)21(10-3)17-33/h8-9,11-13,20-23,25,33H,1-2,10,14-17H2,3-7H3/t20?,21-,22-,23-,25?,29+,30?/m0/s1. The quantitative estimate of drug-likeness (QED) is 0.373. The Bertz CT molecular complexity index is 1130. The van der Waals surface area contributed by atoms with Crippen LogP contribution in [-0.4, -0.2) is 70.8 Å². The number of aliphatic hydroxyl groups excluding tert-OH is 1. The highest BCUT2D eigenvalue weighted by molar-refractivity contribution is 6.05. The first kappa shape index (κ1) is 28.0. The smallest absolute Gasteiger partial charge is 0.313 e. The average Bonchev–Trinajstić information content (AvgIpc) is 3.39. The maximum atomic E-state index is 14.7. The van der Waals surface area contributed by atoms with Crippen molar-refractivity contribution in [1.82, 2.24) is 4.90 Å². The SMILES string of the molecule is C=CCOC(=O)[C@@H]1[C@H]2C(=O)N([C@@H](CC)CO)C(C(=O)N(CC=C)c3c(C)cccc3C)C23CC(C)[C@@]1(C)O3. The van der Waals surface area contributed by atoms with Crippen LogP contribution in [0.3, 0.4) is 0 Å². The van der Waals surface area contributed by atoms with Gasteiger partial charge in [0.15, 0.2) is 0 Å². The summed E-state index contributed by atoms with van der Waals surface area (Å²) in [5.74, 6) is -3.04. The number of nitrogens with zero attached hydrogens (tertiary/aromatic N) is 2. The molecule has 38 heavy (non-hydrogen) atoms. The van der Waals surface area contributed by atoms with Crippen LogP contribution in [0.25, 0.3) is 0 Å². The third-order valence-corrected chi connectivity index (χ3v) is 8.95. The van der Waals surface area contributed by atoms with Crippen LogP contribution in [0.15, 0.2) is 43.5 Å². The van der Waals surface area contributed by atoms with Crippen LogP contribution in [0.5, 0.6) is 0 Å². The van der Waals surface area contributed by atoms with Crippen molar-refractivity contribution in [1.29, 1.82) is 0 Å². The van der Waals surface area contributed by atoms with Crippen molar-refractivity contribution < 1.29 is 29.0 Å². The Kier molecular flexibility index (Phi) is 7.60. The van der Waals surface area contributed by atoms with Gasteiger partial charge < -0.3 is 24.4 Å². The van der Waals surface area contributed by atoms with Crippen molar-refractivity contribution >= 4 is 23.5 Å². The van der Waals surface area contributed by atoms with E-state index in [2.05, 4.69) is 13.2 Å². The van der Waals surface area contributed by atoms with Gasteiger partial charge in [0.1, 0.15) is 24.2 Å². The molecule has 3 fully saturated rings. The summed E-state index contributed by atoms with van der Waals surface area (Å²) in [7, 11) is 0. The van der Waals surface area contributed by atoms with E-state index in [1.807, 2.05) is 52.8 Å². The van der Waals surface area contributed by atoms with Gasteiger partial charge in [-0.25, -0.2) is 0 Å². The number of ether oxygens (including phenoxy) is 2. The number of likely N-dealkylation sites (tertiary alicyclic amines) is 1. The van der Waals surface area contributed by atoms with Gasteiger partial charge >= 0.3 is 5.97 Å². The first-order valence-electron chi connectivity index (χ1n) is 13.4. The Labute approximate surface area is 225 Å². The average molecular weight is 525 g/mol. The summed E-state index contributed by atoms with van der Waals surface area (Å²) in [6, 6.07) is 4.21. The number of fused-ring (bicyclic) bond motifs is 1. The van der Waals surface area contributed by atoms with Gasteiger partial charge in [-0.05, 0) is 50.7 Å². The zero-order valence-corrected chi connectivity index (χ0v) is 23.1. The molecule has 1 aromatic carbocycles. The van der Waals surface area contributed by atoms with Crippen LogP contribution in [0.2, 0.25) is 0 Å². The van der Waals surface area contributed by atoms with Crippen molar-refractivity contribution in [3.05, 3.63) is 54.6 Å². The second-order valence-electron chi connectivity index (χ2n) is 11.1. The number of esters is 1. The third-order valence-electron chi connectivity index (χ3n) is 8.95. The number of aliphatic hydroxyl groups is 1. The van der Waals surface area contributed by atoms with Gasteiger partial charge in [0.05, 0.1) is 24.2 Å². The van der Waals surface area contributed by atoms with Gasteiger partial charge in [0, 0.05) is 12.2 Å². The molecule has 2 amide bonds. The number of amides is 2. The molecule has 3 heterocycles. The fourth-order valence-corrected chi connectivity index (χ4v) is 7.15. The summed E-state index contributed by atoms with van der Waals surface area (Å²) in [4.78, 5) is 45.5. The van der Waals surface area contributed by atoms with Gasteiger partial charge in [-0.3, -0.25) is 14.4 Å². The normalized spacial score (nSPS) is 32.2. The van der Waals surface area contributed by atoms with E-state index in [9.17, 15) is 19.5 Å². The molecule has 206 valence electrons. The highest BCUT2D eigenvalue weighted by Crippen LogP contribution is 2.65. The van der Waals surface area contributed by atoms with Crippen molar-refractivity contribution in [3.8, 4) is 0 Å². The lowest BCUT2D eigenvalue weighted by Crippen LogP contribution is -2.59. The number of anilines is 1. The minimum Gasteiger partial charge on any atom is -0.461 e. The van der Waals surface area contributed by atoms with Crippen molar-refractivity contribution in [3.63, 3.8) is 0 Å². The molecule has 0 radical (unpaired) electrons. The minimum atomic E-state index is -1.22. The molecule has 0 saturated carbocycles. The van der Waals surface area contributed by atoms with Gasteiger partial charge in [-0.15, -0.1) is 6.58 Å². The summed E-state index contributed by atoms with van der Waals surface area (Å²) in [6.45, 7) is 17.0. The number of rotatable bonds is 10. The molecule has 1 N–H and O–H groups in total. The molecular formula is C30H40N2O6. The molecule has 7 atom stereocenters. The molecule has 4 rings (SSSR count). The van der Waals surface area contributed by atoms with E-state index < -0.39 is 41.1 Å². The van der Waals surface area contributed by atoms with Crippen LogP contribution in [0, 0.1) is 31.6 Å². The molecule has 2 bridgehead atoms. The van der Waals surface area contributed by atoms with Crippen LogP contribution < -0.4 is 4.90 Å². The van der Waals surface area contributed by atoms with Crippen LogP contribution >= 0.6 is 0 Å². The van der Waals surface area contributed by atoms with Crippen LogP contribution in [0.1, 0.15) is 44.7 Å². The summed E-state index contributed by atoms with van der Waals surface area (Å²) in [5.41, 5.74) is 0.407. The van der Waals surface area contributed by atoms with E-state index >= 15 is 0 Å². The zero-order chi connectivity index (χ0) is 28.0. The lowest BCUT2D eigenvalue weighted by atomic mass is 9.62. The van der Waals surface area contributed by atoms with E-state index in [-0.39, 0.29) is 37.5 Å². The Hall–Kier alpha value is -2.97. The Balaban J connectivity index is 1.90. The van der Waals surface area contributed by atoms with Crippen molar-refractivity contribution in [2.75, 3.05) is 24.7 Å². The number of benzene rings is 1. The molecule has 3 aliphatic heterocycles. The largest absolute Gasteiger partial charge is 0.461 e. The molecule has 1 spiro atoms. The Morgan fingerprint density at radius 2 is 1.95 bits per heavy atom. The minimum absolute atomic E-state index is 0.0215. The lowest BCUT2D eigenvalue weighted by molar-refractivity contribution is -0.161. The number of carbonyl (C=O) groups is 3. The predicted molar refractivity (Wildman–Crippen MR) is 144 cm³/mol. The van der Waals surface area contributed by atoms with E-state index in [0.717, 1.165) is 16.8 Å². The number of hydrogen-bond acceptors (Lipinski definition) is 6. The number of para-hydroxylation sites is 1. The van der Waals surface area contributed by atoms with Crippen LogP contribution in [0.4, 0.5) is 5.69 Å². The first-order chi connectivity index (χ1) is 18.0. The number of aryl methyl sites for hydroxylation is 2. The van der Waals surface area contributed by atoms with Crippen molar-refractivity contribution in [2.45, 2.75) is 70.7 Å². The maximum Gasteiger partial charge on any atom is 0.313 e. The van der Waals surface area contributed by atoms with Gasteiger partial charge in [-0.2, -0.15) is 0 Å². The van der Waals surface area contributed by atoms with Crippen LogP contribution in [-0.2, 0) is 23.9 Å². The first-order valence-corrected chi connectivity index (χ1v) is 13.4. The monoisotopic (exact) mass is 524 g/mol. The number of hydrogen-bond donors (Lipinski definition) is 1. The summed E-state index contributed by atoms with van der Waals surface area (Å²) in [5, 5.41) is 10.3. The Morgan fingerprint density at radius 1 is 1.29 bits per heavy atom.